The molecule has 2 unspecified atom stereocenters. The summed E-state index contributed by atoms with van der Waals surface area (Å²) in [5.74, 6) is 0. The number of ether oxygens (including phenoxy) is 2. The molecule has 2 atom stereocenters. The molecule has 1 aliphatic rings. The maximum absolute atomic E-state index is 9.49. The molecule has 1 rings (SSSR count). The zero-order valence-electron chi connectivity index (χ0n) is 10.5. The van der Waals surface area contributed by atoms with Crippen molar-refractivity contribution in [3.8, 4) is 0 Å². The van der Waals surface area contributed by atoms with E-state index in [2.05, 4.69) is 12.2 Å². The van der Waals surface area contributed by atoms with Crippen molar-refractivity contribution in [2.75, 3.05) is 33.5 Å². The summed E-state index contributed by atoms with van der Waals surface area (Å²) >= 11 is 0. The third-order valence-corrected chi connectivity index (χ3v) is 3.26. The highest BCUT2D eigenvalue weighted by Crippen LogP contribution is 2.31. The van der Waals surface area contributed by atoms with Crippen molar-refractivity contribution in [1.29, 1.82) is 0 Å². The number of aliphatic hydroxyl groups is 1. The fourth-order valence-electron chi connectivity index (χ4n) is 2.27. The van der Waals surface area contributed by atoms with Crippen LogP contribution in [-0.2, 0) is 9.47 Å². The molecule has 4 heteroatoms. The Morgan fingerprint density at radius 2 is 2.25 bits per heavy atom. The first kappa shape index (κ1) is 13.9. The minimum Gasteiger partial charge on any atom is -0.394 e. The van der Waals surface area contributed by atoms with Crippen molar-refractivity contribution >= 4 is 0 Å². The minimum absolute atomic E-state index is 0.103. The second-order valence-corrected chi connectivity index (χ2v) is 4.59. The van der Waals surface area contributed by atoms with E-state index in [9.17, 15) is 5.11 Å². The second-order valence-electron chi connectivity index (χ2n) is 4.59. The molecule has 96 valence electrons. The van der Waals surface area contributed by atoms with E-state index < -0.39 is 0 Å². The molecular weight excluding hydrogens is 206 g/mol. The van der Waals surface area contributed by atoms with Gasteiger partial charge in [-0.3, -0.25) is 0 Å². The Morgan fingerprint density at radius 3 is 2.88 bits per heavy atom. The summed E-state index contributed by atoms with van der Waals surface area (Å²) in [5.41, 5.74) is -0.103. The Kier molecular flexibility index (Phi) is 6.28. The second kappa shape index (κ2) is 7.22. The number of hydrogen-bond acceptors (Lipinski definition) is 4. The van der Waals surface area contributed by atoms with Crippen LogP contribution in [0.25, 0.3) is 0 Å². The smallest absolute Gasteiger partial charge is 0.0704 e. The van der Waals surface area contributed by atoms with Gasteiger partial charge in [0.2, 0.25) is 0 Å². The highest BCUT2D eigenvalue weighted by atomic mass is 16.5. The third-order valence-electron chi connectivity index (χ3n) is 3.26. The molecule has 4 nitrogen and oxygen atoms in total. The monoisotopic (exact) mass is 231 g/mol. The molecule has 0 radical (unpaired) electrons. The lowest BCUT2D eigenvalue weighted by molar-refractivity contribution is 0.0144. The largest absolute Gasteiger partial charge is 0.394 e. The van der Waals surface area contributed by atoms with Crippen LogP contribution >= 0.6 is 0 Å². The molecule has 0 aliphatic heterocycles. The Morgan fingerprint density at radius 1 is 1.44 bits per heavy atom. The average molecular weight is 231 g/mol. The molecule has 0 aromatic rings. The summed E-state index contributed by atoms with van der Waals surface area (Å²) in [6.07, 6.45) is 4.30. The number of aliphatic hydroxyl groups excluding tert-OH is 1. The molecular formula is C12H25NO3. The zero-order chi connectivity index (χ0) is 11.9. The van der Waals surface area contributed by atoms with E-state index in [1.165, 1.54) is 0 Å². The van der Waals surface area contributed by atoms with Crippen molar-refractivity contribution in [1.82, 2.24) is 5.32 Å². The first-order chi connectivity index (χ1) is 7.76. The van der Waals surface area contributed by atoms with E-state index in [0.29, 0.717) is 13.2 Å². The first-order valence-electron chi connectivity index (χ1n) is 6.23. The number of nitrogens with one attached hydrogen (secondary N) is 1. The van der Waals surface area contributed by atoms with Crippen molar-refractivity contribution in [2.45, 2.75) is 44.2 Å². The summed E-state index contributed by atoms with van der Waals surface area (Å²) in [6, 6.07) is 0. The number of hydrogen-bond donors (Lipinski definition) is 2. The molecule has 0 aromatic carbocycles. The van der Waals surface area contributed by atoms with Crippen LogP contribution in [0.1, 0.15) is 32.6 Å². The maximum Gasteiger partial charge on any atom is 0.0704 e. The summed E-state index contributed by atoms with van der Waals surface area (Å²) in [4.78, 5) is 0. The van der Waals surface area contributed by atoms with Crippen LogP contribution in [0.2, 0.25) is 0 Å². The average Bonchev–Trinajstić information content (AvgIpc) is 2.71. The van der Waals surface area contributed by atoms with Gasteiger partial charge in [-0.2, -0.15) is 0 Å². The lowest BCUT2D eigenvalue weighted by Crippen LogP contribution is -2.47. The van der Waals surface area contributed by atoms with Crippen LogP contribution in [0.4, 0.5) is 0 Å². The molecule has 1 fully saturated rings. The van der Waals surface area contributed by atoms with E-state index in [4.69, 9.17) is 9.47 Å². The summed E-state index contributed by atoms with van der Waals surface area (Å²) < 4.78 is 10.7. The van der Waals surface area contributed by atoms with E-state index in [0.717, 1.165) is 32.2 Å². The quantitative estimate of drug-likeness (QED) is 0.610. The Balaban J connectivity index is 2.29. The zero-order valence-corrected chi connectivity index (χ0v) is 10.5. The van der Waals surface area contributed by atoms with Gasteiger partial charge in [-0.15, -0.1) is 0 Å². The van der Waals surface area contributed by atoms with Crippen molar-refractivity contribution in [3.05, 3.63) is 0 Å². The van der Waals surface area contributed by atoms with Gasteiger partial charge < -0.3 is 19.9 Å². The molecule has 0 bridgehead atoms. The molecule has 0 heterocycles. The van der Waals surface area contributed by atoms with Crippen LogP contribution < -0.4 is 5.32 Å². The molecule has 1 saturated carbocycles. The van der Waals surface area contributed by atoms with Crippen LogP contribution in [0.15, 0.2) is 0 Å². The highest BCUT2D eigenvalue weighted by molar-refractivity contribution is 4.96. The van der Waals surface area contributed by atoms with Gasteiger partial charge in [0.25, 0.3) is 0 Å². The number of methoxy groups -OCH3 is 1. The first-order valence-corrected chi connectivity index (χ1v) is 6.23. The third kappa shape index (κ3) is 4.01. The predicted octanol–water partition coefficient (Wildman–Crippen LogP) is 0.933. The van der Waals surface area contributed by atoms with Gasteiger partial charge in [0.1, 0.15) is 0 Å². The van der Waals surface area contributed by atoms with Gasteiger partial charge in [0, 0.05) is 12.6 Å². The molecule has 16 heavy (non-hydrogen) atoms. The molecule has 0 saturated heterocycles. The SMILES string of the molecule is CCCNC1(CO)CCC(OCCOC)C1. The van der Waals surface area contributed by atoms with E-state index in [-0.39, 0.29) is 18.2 Å². The predicted molar refractivity (Wildman–Crippen MR) is 63.6 cm³/mol. The van der Waals surface area contributed by atoms with Gasteiger partial charge in [0.05, 0.1) is 25.9 Å². The lowest BCUT2D eigenvalue weighted by atomic mass is 9.98. The summed E-state index contributed by atoms with van der Waals surface area (Å²) in [7, 11) is 1.68. The van der Waals surface area contributed by atoms with Gasteiger partial charge in [-0.1, -0.05) is 6.92 Å². The summed E-state index contributed by atoms with van der Waals surface area (Å²) in [5, 5.41) is 12.9. The van der Waals surface area contributed by atoms with Crippen LogP contribution in [0.5, 0.6) is 0 Å². The molecule has 1 aliphatic carbocycles. The summed E-state index contributed by atoms with van der Waals surface area (Å²) in [6.45, 7) is 4.60. The Hall–Kier alpha value is -0.160. The van der Waals surface area contributed by atoms with Crippen molar-refractivity contribution < 1.29 is 14.6 Å². The Bertz CT molecular complexity index is 189. The Labute approximate surface area is 98.3 Å². The molecule has 2 N–H and O–H groups in total. The van der Waals surface area contributed by atoms with E-state index in [1.54, 1.807) is 7.11 Å². The standard InChI is InChI=1S/C12H25NO3/c1-3-6-13-12(10-14)5-4-11(9-12)16-8-7-15-2/h11,13-14H,3-10H2,1-2H3. The molecule has 0 aromatic heterocycles. The van der Waals surface area contributed by atoms with E-state index in [1.807, 2.05) is 0 Å². The minimum atomic E-state index is -0.103. The number of rotatable bonds is 8. The molecule has 0 amide bonds. The van der Waals surface area contributed by atoms with Crippen molar-refractivity contribution in [2.24, 2.45) is 0 Å². The lowest BCUT2D eigenvalue weighted by Gasteiger charge is -2.28. The fraction of sp³-hybridized carbons (Fsp3) is 1.00. The van der Waals surface area contributed by atoms with Crippen LogP contribution in [0, 0.1) is 0 Å². The van der Waals surface area contributed by atoms with Gasteiger partial charge >= 0.3 is 0 Å². The van der Waals surface area contributed by atoms with Gasteiger partial charge in [-0.25, -0.2) is 0 Å². The van der Waals surface area contributed by atoms with Gasteiger partial charge in [-0.05, 0) is 32.2 Å². The highest BCUT2D eigenvalue weighted by Gasteiger charge is 2.38. The van der Waals surface area contributed by atoms with Gasteiger partial charge in [0.15, 0.2) is 0 Å². The molecule has 0 spiro atoms. The fourth-order valence-corrected chi connectivity index (χ4v) is 2.27. The van der Waals surface area contributed by atoms with Crippen molar-refractivity contribution in [3.63, 3.8) is 0 Å². The van der Waals surface area contributed by atoms with E-state index >= 15 is 0 Å². The topological polar surface area (TPSA) is 50.7 Å². The maximum atomic E-state index is 9.49. The van der Waals surface area contributed by atoms with Crippen LogP contribution in [0.3, 0.4) is 0 Å². The van der Waals surface area contributed by atoms with Crippen LogP contribution in [-0.4, -0.2) is 50.2 Å². The normalized spacial score (nSPS) is 29.8.